The summed E-state index contributed by atoms with van der Waals surface area (Å²) in [6.07, 6.45) is 2.03. The molecule has 12 heteroatoms. The van der Waals surface area contributed by atoms with Gasteiger partial charge in [0.05, 0.1) is 21.2 Å². The average Bonchev–Trinajstić information content (AvgIpc) is 3.01. The molecular weight excluding hydrogens is 422 g/mol. The quantitative estimate of drug-likeness (QED) is 0.341. The van der Waals surface area contributed by atoms with Crippen LogP contribution in [0.1, 0.15) is 21.6 Å². The van der Waals surface area contributed by atoms with E-state index in [2.05, 4.69) is 20.5 Å². The molecule has 2 aromatic heterocycles. The third kappa shape index (κ3) is 4.10. The minimum atomic E-state index is -3.70. The van der Waals surface area contributed by atoms with Crippen LogP contribution in [0.4, 0.5) is 17.2 Å². The summed E-state index contributed by atoms with van der Waals surface area (Å²) in [4.78, 5) is 27.5. The second kappa shape index (κ2) is 7.60. The van der Waals surface area contributed by atoms with Crippen LogP contribution in [0.25, 0.3) is 0 Å². The molecule has 10 nitrogen and oxygen atoms in total. The molecule has 150 valence electrons. The number of H-pyrrole nitrogens is 1. The van der Waals surface area contributed by atoms with E-state index < -0.39 is 20.5 Å². The lowest BCUT2D eigenvalue weighted by Gasteiger charge is -2.11. The van der Waals surface area contributed by atoms with Gasteiger partial charge in [-0.05, 0) is 25.1 Å². The highest BCUT2D eigenvalue weighted by molar-refractivity contribution is 7.90. The highest BCUT2D eigenvalue weighted by Gasteiger charge is 2.25. The summed E-state index contributed by atoms with van der Waals surface area (Å²) in [5.41, 5.74) is -0.0213. The fourth-order valence-electron chi connectivity index (χ4n) is 2.58. The summed E-state index contributed by atoms with van der Waals surface area (Å²) in [5, 5.41) is 20.2. The number of anilines is 2. The van der Waals surface area contributed by atoms with E-state index in [0.29, 0.717) is 0 Å². The van der Waals surface area contributed by atoms with Crippen molar-refractivity contribution in [2.45, 2.75) is 11.9 Å². The van der Waals surface area contributed by atoms with Gasteiger partial charge in [-0.15, -0.1) is 5.10 Å². The number of aryl methyl sites for hydroxylation is 1. The number of hydrogen-bond donors (Lipinski definition) is 2. The van der Waals surface area contributed by atoms with Gasteiger partial charge in [-0.1, -0.05) is 23.7 Å². The van der Waals surface area contributed by atoms with Crippen LogP contribution in [0, 0.1) is 17.0 Å². The number of halogens is 1. The standard InChI is InChI=1S/C17H14ClN5O5S/c1-9-15(23(25)26)17(22-21-9)20-13-7-14(29(2,27)28)19-8-11(13)16(24)10-5-3-4-6-12(10)18/h3-8H,1-2H3,(H2,19,20,21,22). The van der Waals surface area contributed by atoms with Crippen molar-refractivity contribution in [2.24, 2.45) is 0 Å². The van der Waals surface area contributed by atoms with E-state index in [1.807, 2.05) is 0 Å². The zero-order chi connectivity index (χ0) is 21.3. The van der Waals surface area contributed by atoms with Gasteiger partial charge in [-0.2, -0.15) is 0 Å². The Kier molecular flexibility index (Phi) is 5.36. The van der Waals surface area contributed by atoms with Crippen molar-refractivity contribution in [3.63, 3.8) is 0 Å². The third-order valence-corrected chi connectivity index (χ3v) is 5.29. The Bertz CT molecular complexity index is 1240. The van der Waals surface area contributed by atoms with Crippen molar-refractivity contribution >= 4 is 44.4 Å². The van der Waals surface area contributed by atoms with Gasteiger partial charge in [-0.3, -0.25) is 20.0 Å². The van der Waals surface area contributed by atoms with E-state index in [9.17, 15) is 23.3 Å². The Morgan fingerprint density at radius 2 is 1.97 bits per heavy atom. The molecule has 0 aliphatic carbocycles. The molecule has 0 amide bonds. The number of sulfone groups is 1. The van der Waals surface area contributed by atoms with E-state index in [0.717, 1.165) is 18.5 Å². The van der Waals surface area contributed by atoms with Crippen LogP contribution >= 0.6 is 11.6 Å². The molecule has 0 saturated heterocycles. The Morgan fingerprint density at radius 1 is 1.28 bits per heavy atom. The molecule has 0 atom stereocenters. The van der Waals surface area contributed by atoms with Gasteiger partial charge < -0.3 is 5.32 Å². The minimum Gasteiger partial charge on any atom is -0.332 e. The molecule has 0 bridgehead atoms. The van der Waals surface area contributed by atoms with E-state index >= 15 is 0 Å². The molecule has 29 heavy (non-hydrogen) atoms. The smallest absolute Gasteiger partial charge is 0.332 e. The van der Waals surface area contributed by atoms with Crippen LogP contribution in [0.15, 0.2) is 41.6 Å². The zero-order valence-electron chi connectivity index (χ0n) is 15.1. The van der Waals surface area contributed by atoms with Crippen molar-refractivity contribution < 1.29 is 18.1 Å². The highest BCUT2D eigenvalue weighted by atomic mass is 35.5. The summed E-state index contributed by atoms with van der Waals surface area (Å²) in [6, 6.07) is 7.42. The van der Waals surface area contributed by atoms with Gasteiger partial charge in [-0.25, -0.2) is 13.4 Å². The molecule has 0 aliphatic heterocycles. The SMILES string of the molecule is Cc1[nH]nc(Nc2cc(S(C)(=O)=O)ncc2C(=O)c2ccccc2Cl)c1[N+](=O)[O-]. The number of carbonyl (C=O) groups excluding carboxylic acids is 1. The first-order chi connectivity index (χ1) is 13.6. The van der Waals surface area contributed by atoms with Crippen LogP contribution in [-0.2, 0) is 9.84 Å². The lowest BCUT2D eigenvalue weighted by atomic mass is 10.0. The molecule has 1 aromatic carbocycles. The number of nitro groups is 1. The third-order valence-electron chi connectivity index (χ3n) is 3.97. The van der Waals surface area contributed by atoms with Crippen molar-refractivity contribution in [1.29, 1.82) is 0 Å². The molecule has 2 N–H and O–H groups in total. The van der Waals surface area contributed by atoms with Gasteiger partial charge in [0.1, 0.15) is 5.69 Å². The zero-order valence-corrected chi connectivity index (χ0v) is 16.7. The van der Waals surface area contributed by atoms with Crippen molar-refractivity contribution in [1.82, 2.24) is 15.2 Å². The number of rotatable bonds is 6. The molecule has 2 heterocycles. The molecule has 0 saturated carbocycles. The Hall–Kier alpha value is -3.31. The van der Waals surface area contributed by atoms with E-state index in [4.69, 9.17) is 11.6 Å². The number of benzene rings is 1. The van der Waals surface area contributed by atoms with Crippen LogP contribution in [0.5, 0.6) is 0 Å². The van der Waals surface area contributed by atoms with Gasteiger partial charge >= 0.3 is 5.69 Å². The number of ketones is 1. The summed E-state index contributed by atoms with van der Waals surface area (Å²) >= 11 is 6.09. The Morgan fingerprint density at radius 3 is 2.59 bits per heavy atom. The average molecular weight is 436 g/mol. The van der Waals surface area contributed by atoms with Gasteiger partial charge in [0.2, 0.25) is 5.82 Å². The number of aromatic nitrogens is 3. The summed E-state index contributed by atoms with van der Waals surface area (Å²) in [6.45, 7) is 1.46. The first-order valence-electron chi connectivity index (χ1n) is 8.05. The Balaban J connectivity index is 2.17. The number of nitrogens with one attached hydrogen (secondary N) is 2. The van der Waals surface area contributed by atoms with Gasteiger partial charge in [0, 0.05) is 18.0 Å². The first kappa shape index (κ1) is 20.4. The Labute approximate surface area is 170 Å². The molecule has 0 fully saturated rings. The van der Waals surface area contributed by atoms with Crippen LogP contribution in [-0.4, -0.2) is 40.6 Å². The predicted molar refractivity (Wildman–Crippen MR) is 105 cm³/mol. The second-order valence-corrected chi connectivity index (χ2v) is 8.45. The topological polar surface area (TPSA) is 148 Å². The number of nitrogens with zero attached hydrogens (tertiary/aromatic N) is 3. The monoisotopic (exact) mass is 435 g/mol. The molecule has 0 unspecified atom stereocenters. The lowest BCUT2D eigenvalue weighted by molar-refractivity contribution is -0.384. The van der Waals surface area contributed by atoms with E-state index in [-0.39, 0.29) is 44.1 Å². The van der Waals surface area contributed by atoms with Crippen molar-refractivity contribution in [3.8, 4) is 0 Å². The number of pyridine rings is 1. The minimum absolute atomic E-state index is 0.0139. The normalized spacial score (nSPS) is 11.3. The van der Waals surface area contributed by atoms with Gasteiger partial charge in [0.15, 0.2) is 20.6 Å². The van der Waals surface area contributed by atoms with Crippen LogP contribution in [0.2, 0.25) is 5.02 Å². The largest absolute Gasteiger partial charge is 0.333 e. The molecule has 3 aromatic rings. The number of aromatic amines is 1. The van der Waals surface area contributed by atoms with Crippen molar-refractivity contribution in [3.05, 3.63) is 68.5 Å². The summed E-state index contributed by atoms with van der Waals surface area (Å²) < 4.78 is 23.8. The maximum Gasteiger partial charge on any atom is 0.333 e. The van der Waals surface area contributed by atoms with Crippen LogP contribution < -0.4 is 5.32 Å². The molecule has 0 radical (unpaired) electrons. The maximum absolute atomic E-state index is 13.0. The lowest BCUT2D eigenvalue weighted by Crippen LogP contribution is -2.10. The van der Waals surface area contributed by atoms with Gasteiger partial charge in [0.25, 0.3) is 0 Å². The van der Waals surface area contributed by atoms with Crippen LogP contribution in [0.3, 0.4) is 0 Å². The molecular formula is C17H14ClN5O5S. The fraction of sp³-hybridized carbons (Fsp3) is 0.118. The summed E-state index contributed by atoms with van der Waals surface area (Å²) in [7, 11) is -3.70. The fourth-order valence-corrected chi connectivity index (χ4v) is 3.37. The predicted octanol–water partition coefficient (Wildman–Crippen LogP) is 3.05. The maximum atomic E-state index is 13.0. The second-order valence-electron chi connectivity index (χ2n) is 6.08. The number of carbonyl (C=O) groups is 1. The van der Waals surface area contributed by atoms with E-state index in [1.54, 1.807) is 12.1 Å². The van der Waals surface area contributed by atoms with Crippen molar-refractivity contribution in [2.75, 3.05) is 11.6 Å². The number of hydrogen-bond acceptors (Lipinski definition) is 8. The molecule has 0 spiro atoms. The molecule has 3 rings (SSSR count). The molecule has 0 aliphatic rings. The highest BCUT2D eigenvalue weighted by Crippen LogP contribution is 2.31. The summed E-state index contributed by atoms with van der Waals surface area (Å²) in [5.74, 6) is -0.716. The first-order valence-corrected chi connectivity index (χ1v) is 10.3. The van der Waals surface area contributed by atoms with E-state index in [1.165, 1.54) is 19.1 Å².